The Hall–Kier alpha value is -0.790. The summed E-state index contributed by atoms with van der Waals surface area (Å²) in [5, 5.41) is 0. The third-order valence-corrected chi connectivity index (χ3v) is 3.72. The molecule has 0 radical (unpaired) electrons. The van der Waals surface area contributed by atoms with E-state index in [4.69, 9.17) is 4.74 Å². The largest absolute Gasteiger partial charge is 0.463 e. The SMILES string of the molecule is CCCCCCCCC=CC(=O)OCCCCCCCC. The van der Waals surface area contributed by atoms with Gasteiger partial charge in [0.05, 0.1) is 6.61 Å². The first kappa shape index (κ1) is 20.2. The predicted molar refractivity (Wildman–Crippen MR) is 91.5 cm³/mol. The maximum Gasteiger partial charge on any atom is 0.330 e. The summed E-state index contributed by atoms with van der Waals surface area (Å²) in [6.07, 6.45) is 19.7. The van der Waals surface area contributed by atoms with Crippen LogP contribution in [0, 0.1) is 0 Å². The molecule has 0 aromatic carbocycles. The molecule has 0 spiro atoms. The van der Waals surface area contributed by atoms with Gasteiger partial charge in [-0.15, -0.1) is 0 Å². The number of carbonyl (C=O) groups is 1. The summed E-state index contributed by atoms with van der Waals surface area (Å²) < 4.78 is 5.18. The molecule has 0 saturated carbocycles. The van der Waals surface area contributed by atoms with Crippen molar-refractivity contribution in [1.82, 2.24) is 0 Å². The fourth-order valence-corrected chi connectivity index (χ4v) is 2.33. The van der Waals surface area contributed by atoms with Crippen LogP contribution in [-0.2, 0) is 9.53 Å². The zero-order valence-electron chi connectivity index (χ0n) is 14.4. The molecule has 0 aliphatic rings. The van der Waals surface area contributed by atoms with Crippen molar-refractivity contribution in [2.75, 3.05) is 6.61 Å². The van der Waals surface area contributed by atoms with E-state index < -0.39 is 0 Å². The molecule has 2 nitrogen and oxygen atoms in total. The highest BCUT2D eigenvalue weighted by molar-refractivity contribution is 5.81. The molecule has 21 heavy (non-hydrogen) atoms. The molecule has 0 aliphatic carbocycles. The van der Waals surface area contributed by atoms with Gasteiger partial charge in [-0.3, -0.25) is 0 Å². The topological polar surface area (TPSA) is 26.3 Å². The monoisotopic (exact) mass is 296 g/mol. The van der Waals surface area contributed by atoms with Crippen molar-refractivity contribution in [2.24, 2.45) is 0 Å². The molecular formula is C19H36O2. The Balaban J connectivity index is 3.26. The molecule has 0 bridgehead atoms. The maximum atomic E-state index is 11.4. The molecule has 0 aromatic heterocycles. The molecule has 0 atom stereocenters. The van der Waals surface area contributed by atoms with Crippen LogP contribution in [0.5, 0.6) is 0 Å². The first-order valence-corrected chi connectivity index (χ1v) is 9.14. The van der Waals surface area contributed by atoms with Crippen molar-refractivity contribution >= 4 is 5.97 Å². The van der Waals surface area contributed by atoms with Crippen LogP contribution in [0.3, 0.4) is 0 Å². The lowest BCUT2D eigenvalue weighted by Gasteiger charge is -2.02. The van der Waals surface area contributed by atoms with E-state index in [0.29, 0.717) is 6.61 Å². The van der Waals surface area contributed by atoms with Crippen LogP contribution in [0.25, 0.3) is 0 Å². The van der Waals surface area contributed by atoms with Crippen molar-refractivity contribution in [3.63, 3.8) is 0 Å². The molecule has 0 fully saturated rings. The summed E-state index contributed by atoms with van der Waals surface area (Å²) in [4.78, 5) is 11.4. The average Bonchev–Trinajstić information content (AvgIpc) is 2.49. The van der Waals surface area contributed by atoms with Crippen LogP contribution in [0.4, 0.5) is 0 Å². The van der Waals surface area contributed by atoms with Crippen molar-refractivity contribution in [3.05, 3.63) is 12.2 Å². The second-order valence-corrected chi connectivity index (χ2v) is 5.89. The second-order valence-electron chi connectivity index (χ2n) is 5.89. The van der Waals surface area contributed by atoms with E-state index in [9.17, 15) is 4.79 Å². The summed E-state index contributed by atoms with van der Waals surface area (Å²) in [6.45, 7) is 5.03. The zero-order valence-corrected chi connectivity index (χ0v) is 14.4. The van der Waals surface area contributed by atoms with E-state index in [2.05, 4.69) is 13.8 Å². The molecule has 2 heteroatoms. The minimum Gasteiger partial charge on any atom is -0.463 e. The fourth-order valence-electron chi connectivity index (χ4n) is 2.33. The summed E-state index contributed by atoms with van der Waals surface area (Å²) in [6, 6.07) is 0. The Morgan fingerprint density at radius 1 is 0.762 bits per heavy atom. The van der Waals surface area contributed by atoms with Crippen LogP contribution in [0.1, 0.15) is 97.3 Å². The third-order valence-electron chi connectivity index (χ3n) is 3.72. The van der Waals surface area contributed by atoms with Gasteiger partial charge in [-0.2, -0.15) is 0 Å². The molecule has 0 aliphatic heterocycles. The number of hydrogen-bond acceptors (Lipinski definition) is 2. The Bertz CT molecular complexity index is 246. The molecule has 0 amide bonds. The molecule has 0 aromatic rings. The summed E-state index contributed by atoms with van der Waals surface area (Å²) in [5.41, 5.74) is 0. The lowest BCUT2D eigenvalue weighted by Crippen LogP contribution is -2.02. The van der Waals surface area contributed by atoms with E-state index in [1.165, 1.54) is 70.6 Å². The van der Waals surface area contributed by atoms with Crippen molar-refractivity contribution in [1.29, 1.82) is 0 Å². The summed E-state index contributed by atoms with van der Waals surface area (Å²) in [7, 11) is 0. The third kappa shape index (κ3) is 17.2. The fraction of sp³-hybridized carbons (Fsp3) is 0.842. The van der Waals surface area contributed by atoms with Gasteiger partial charge in [-0.25, -0.2) is 4.79 Å². The van der Waals surface area contributed by atoms with Crippen molar-refractivity contribution in [3.8, 4) is 0 Å². The zero-order chi connectivity index (χ0) is 15.6. The standard InChI is InChI=1S/C19H36O2/c1-3-5-7-9-11-12-13-15-17-19(20)21-18-16-14-10-8-6-4-2/h15,17H,3-14,16,18H2,1-2H3. The summed E-state index contributed by atoms with van der Waals surface area (Å²) >= 11 is 0. The lowest BCUT2D eigenvalue weighted by molar-refractivity contribution is -0.137. The van der Waals surface area contributed by atoms with E-state index in [0.717, 1.165) is 12.8 Å². The smallest absolute Gasteiger partial charge is 0.330 e. The van der Waals surface area contributed by atoms with Crippen LogP contribution in [0.2, 0.25) is 0 Å². The first-order chi connectivity index (χ1) is 10.3. The average molecular weight is 296 g/mol. The predicted octanol–water partition coefficient (Wildman–Crippen LogP) is 6.20. The Kier molecular flexibility index (Phi) is 16.6. The van der Waals surface area contributed by atoms with E-state index in [-0.39, 0.29) is 5.97 Å². The molecular weight excluding hydrogens is 260 g/mol. The van der Waals surface area contributed by atoms with Gasteiger partial charge in [0.2, 0.25) is 0 Å². The Morgan fingerprint density at radius 2 is 1.29 bits per heavy atom. The number of carbonyl (C=O) groups excluding carboxylic acids is 1. The number of esters is 1. The van der Waals surface area contributed by atoms with Gasteiger partial charge in [0.1, 0.15) is 0 Å². The van der Waals surface area contributed by atoms with Gasteiger partial charge < -0.3 is 4.74 Å². The number of hydrogen-bond donors (Lipinski definition) is 0. The number of ether oxygens (including phenoxy) is 1. The molecule has 0 N–H and O–H groups in total. The highest BCUT2D eigenvalue weighted by atomic mass is 16.5. The molecule has 0 saturated heterocycles. The Labute approximate surface area is 132 Å². The summed E-state index contributed by atoms with van der Waals surface area (Å²) in [5.74, 6) is -0.172. The minimum atomic E-state index is -0.172. The molecule has 0 heterocycles. The molecule has 124 valence electrons. The van der Waals surface area contributed by atoms with Gasteiger partial charge in [0.15, 0.2) is 0 Å². The molecule has 0 rings (SSSR count). The van der Waals surface area contributed by atoms with Gasteiger partial charge in [0.25, 0.3) is 0 Å². The van der Waals surface area contributed by atoms with Crippen LogP contribution >= 0.6 is 0 Å². The lowest BCUT2D eigenvalue weighted by atomic mass is 10.1. The van der Waals surface area contributed by atoms with Gasteiger partial charge >= 0.3 is 5.97 Å². The van der Waals surface area contributed by atoms with Gasteiger partial charge in [-0.1, -0.05) is 84.1 Å². The van der Waals surface area contributed by atoms with Crippen LogP contribution < -0.4 is 0 Å². The highest BCUT2D eigenvalue weighted by Gasteiger charge is 1.96. The van der Waals surface area contributed by atoms with Gasteiger partial charge in [0, 0.05) is 6.08 Å². The normalized spacial score (nSPS) is 11.1. The van der Waals surface area contributed by atoms with Crippen LogP contribution in [-0.4, -0.2) is 12.6 Å². The van der Waals surface area contributed by atoms with E-state index in [1.807, 2.05) is 6.08 Å². The quantitative estimate of drug-likeness (QED) is 0.204. The number of unbranched alkanes of at least 4 members (excludes halogenated alkanes) is 11. The first-order valence-electron chi connectivity index (χ1n) is 9.14. The number of rotatable bonds is 15. The minimum absolute atomic E-state index is 0.172. The highest BCUT2D eigenvalue weighted by Crippen LogP contribution is 2.07. The second kappa shape index (κ2) is 17.3. The van der Waals surface area contributed by atoms with E-state index in [1.54, 1.807) is 6.08 Å². The van der Waals surface area contributed by atoms with Crippen molar-refractivity contribution in [2.45, 2.75) is 97.3 Å². The maximum absolute atomic E-state index is 11.4. The van der Waals surface area contributed by atoms with Gasteiger partial charge in [-0.05, 0) is 19.3 Å². The van der Waals surface area contributed by atoms with E-state index >= 15 is 0 Å². The number of allylic oxidation sites excluding steroid dienone is 1. The molecule has 0 unspecified atom stereocenters. The van der Waals surface area contributed by atoms with Crippen LogP contribution in [0.15, 0.2) is 12.2 Å². The van der Waals surface area contributed by atoms with Crippen molar-refractivity contribution < 1.29 is 9.53 Å². The Morgan fingerprint density at radius 3 is 1.90 bits per heavy atom.